The van der Waals surface area contributed by atoms with Gasteiger partial charge in [-0.05, 0) is 60.9 Å². The Morgan fingerprint density at radius 3 is 2.11 bits per heavy atom. The number of hydrogen-bond acceptors (Lipinski definition) is 5. The molecule has 1 saturated carbocycles. The smallest absolute Gasteiger partial charge is 0.268 e. The molecule has 2 aromatic heterocycles. The van der Waals surface area contributed by atoms with Gasteiger partial charge in [0, 0.05) is 26.2 Å². The Labute approximate surface area is 232 Å². The molecular weight excluding hydrogens is 554 g/mol. The Kier molecular flexibility index (Phi) is 6.25. The van der Waals surface area contributed by atoms with Crippen molar-refractivity contribution in [1.82, 2.24) is 20.0 Å². The molecule has 0 atom stereocenters. The minimum atomic E-state index is -0.351. The molecule has 1 fully saturated rings. The van der Waals surface area contributed by atoms with Crippen LogP contribution in [0, 0.1) is 0 Å². The van der Waals surface area contributed by atoms with Crippen molar-refractivity contribution in [3.63, 3.8) is 0 Å². The van der Waals surface area contributed by atoms with Gasteiger partial charge in [-0.15, -0.1) is 10.2 Å². The zero-order valence-electron chi connectivity index (χ0n) is 19.1. The van der Waals surface area contributed by atoms with Gasteiger partial charge in [-0.1, -0.05) is 70.7 Å². The summed E-state index contributed by atoms with van der Waals surface area (Å²) < 4.78 is 7.87. The Morgan fingerprint density at radius 1 is 0.838 bits per heavy atom. The van der Waals surface area contributed by atoms with Crippen LogP contribution in [-0.4, -0.2) is 25.1 Å². The van der Waals surface area contributed by atoms with Crippen LogP contribution in [-0.2, 0) is 12.0 Å². The fraction of sp³-hybridized carbons (Fsp3) is 0.148. The zero-order chi connectivity index (χ0) is 25.7. The Morgan fingerprint density at radius 2 is 1.49 bits per heavy atom. The molecule has 10 heteroatoms. The van der Waals surface area contributed by atoms with Crippen LogP contribution < -0.4 is 0 Å². The van der Waals surface area contributed by atoms with Crippen molar-refractivity contribution in [3.8, 4) is 28.5 Å². The standard InChI is InChI=1S/C27H18Cl4N4O2/c28-17-5-1-15(2-6-17)24-20(14-36)23(34-35(24)22-10-9-19(30)13-21(22)31)25-32-33-26(37-25)27(11-12-27)16-3-7-18(29)8-4-16/h1-10,13,36H,11-12,14H2. The SMILES string of the molecule is OCc1c(-c2nnc(C3(c4ccc(Cl)cc4)CC3)o2)nn(-c2ccc(Cl)cc2Cl)c1-c1ccc(Cl)cc1. The molecule has 2 heterocycles. The molecule has 1 aliphatic rings. The maximum Gasteiger partial charge on any atom is 0.268 e. The van der Waals surface area contributed by atoms with Crippen molar-refractivity contribution in [3.05, 3.63) is 104 Å². The maximum atomic E-state index is 10.5. The number of rotatable bonds is 6. The predicted octanol–water partition coefficient (Wildman–Crippen LogP) is 7.78. The number of aliphatic hydroxyl groups is 1. The number of halogens is 4. The Bertz CT molecular complexity index is 1610. The molecule has 3 aromatic carbocycles. The Balaban J connectivity index is 1.51. The largest absolute Gasteiger partial charge is 0.418 e. The summed E-state index contributed by atoms with van der Waals surface area (Å²) in [6.45, 7) is -0.321. The lowest BCUT2D eigenvalue weighted by atomic mass is 9.96. The van der Waals surface area contributed by atoms with Gasteiger partial charge < -0.3 is 9.52 Å². The lowest BCUT2D eigenvalue weighted by Gasteiger charge is -2.11. The molecule has 0 aliphatic heterocycles. The number of aromatic nitrogens is 4. The van der Waals surface area contributed by atoms with E-state index in [-0.39, 0.29) is 17.9 Å². The maximum absolute atomic E-state index is 10.5. The van der Waals surface area contributed by atoms with E-state index >= 15 is 0 Å². The number of hydrogen-bond donors (Lipinski definition) is 1. The highest BCUT2D eigenvalue weighted by Gasteiger charge is 2.51. The molecule has 37 heavy (non-hydrogen) atoms. The van der Waals surface area contributed by atoms with Gasteiger partial charge in [0.05, 0.1) is 28.4 Å². The molecule has 1 aliphatic carbocycles. The summed E-state index contributed by atoms with van der Waals surface area (Å²) in [5, 5.41) is 26.2. The fourth-order valence-corrected chi connectivity index (χ4v) is 5.28. The first-order valence-electron chi connectivity index (χ1n) is 11.4. The zero-order valence-corrected chi connectivity index (χ0v) is 22.2. The van der Waals surface area contributed by atoms with Crippen LogP contribution in [0.2, 0.25) is 20.1 Å². The third-order valence-electron chi connectivity index (χ3n) is 6.58. The van der Waals surface area contributed by atoms with Gasteiger partial charge in [-0.2, -0.15) is 5.10 Å². The highest BCUT2D eigenvalue weighted by molar-refractivity contribution is 6.35. The van der Waals surface area contributed by atoms with E-state index in [1.807, 2.05) is 36.4 Å². The van der Waals surface area contributed by atoms with Crippen LogP contribution in [0.5, 0.6) is 0 Å². The average Bonchev–Trinajstić information content (AvgIpc) is 3.38. The molecule has 186 valence electrons. The molecule has 6 nitrogen and oxygen atoms in total. The molecule has 1 N–H and O–H groups in total. The van der Waals surface area contributed by atoms with Crippen molar-refractivity contribution >= 4 is 46.4 Å². The monoisotopic (exact) mass is 570 g/mol. The molecule has 0 saturated heterocycles. The van der Waals surface area contributed by atoms with Crippen LogP contribution >= 0.6 is 46.4 Å². The molecule has 0 bridgehead atoms. The van der Waals surface area contributed by atoms with Crippen molar-refractivity contribution in [2.75, 3.05) is 0 Å². The van der Waals surface area contributed by atoms with E-state index in [4.69, 9.17) is 55.9 Å². The second-order valence-electron chi connectivity index (χ2n) is 8.85. The number of aliphatic hydroxyl groups excluding tert-OH is 1. The molecule has 5 aromatic rings. The summed E-state index contributed by atoms with van der Waals surface area (Å²) in [6.07, 6.45) is 1.77. The van der Waals surface area contributed by atoms with Gasteiger partial charge in [-0.25, -0.2) is 4.68 Å². The highest BCUT2D eigenvalue weighted by atomic mass is 35.5. The van der Waals surface area contributed by atoms with Crippen LogP contribution in [0.3, 0.4) is 0 Å². The minimum absolute atomic E-state index is 0.207. The summed E-state index contributed by atoms with van der Waals surface area (Å²) in [5.74, 6) is 0.708. The van der Waals surface area contributed by atoms with E-state index in [0.717, 1.165) is 24.0 Å². The van der Waals surface area contributed by atoms with E-state index in [2.05, 4.69) is 10.2 Å². The van der Waals surface area contributed by atoms with Gasteiger partial charge in [-0.3, -0.25) is 0 Å². The third-order valence-corrected chi connectivity index (χ3v) is 7.62. The predicted molar refractivity (Wildman–Crippen MR) is 145 cm³/mol. The molecule has 0 unspecified atom stereocenters. The first kappa shape index (κ1) is 24.5. The van der Waals surface area contributed by atoms with Crippen LogP contribution in [0.1, 0.15) is 29.9 Å². The fourth-order valence-electron chi connectivity index (χ4n) is 4.54. The lowest BCUT2D eigenvalue weighted by molar-refractivity contribution is 0.282. The summed E-state index contributed by atoms with van der Waals surface area (Å²) in [7, 11) is 0. The highest BCUT2D eigenvalue weighted by Crippen LogP contribution is 2.53. The van der Waals surface area contributed by atoms with Gasteiger partial charge in [0.15, 0.2) is 5.69 Å². The topological polar surface area (TPSA) is 77.0 Å². The molecule has 6 rings (SSSR count). The van der Waals surface area contributed by atoms with Gasteiger partial charge >= 0.3 is 0 Å². The van der Waals surface area contributed by atoms with E-state index < -0.39 is 0 Å². The number of nitrogens with zero attached hydrogens (tertiary/aromatic N) is 4. The third kappa shape index (κ3) is 4.33. The quantitative estimate of drug-likeness (QED) is 0.225. The van der Waals surface area contributed by atoms with Crippen molar-refractivity contribution in [1.29, 1.82) is 0 Å². The van der Waals surface area contributed by atoms with E-state index in [9.17, 15) is 5.11 Å². The second kappa shape index (κ2) is 9.46. The summed E-state index contributed by atoms with van der Waals surface area (Å²) in [4.78, 5) is 0. The van der Waals surface area contributed by atoms with Crippen molar-refractivity contribution < 1.29 is 9.52 Å². The van der Waals surface area contributed by atoms with E-state index in [0.29, 0.717) is 48.6 Å². The summed E-state index contributed by atoms with van der Waals surface area (Å²) >= 11 is 24.9. The Hall–Kier alpha value is -2.87. The van der Waals surface area contributed by atoms with Crippen LogP contribution in [0.4, 0.5) is 0 Å². The van der Waals surface area contributed by atoms with Gasteiger partial charge in [0.2, 0.25) is 5.89 Å². The first-order valence-corrected chi connectivity index (χ1v) is 13.0. The van der Waals surface area contributed by atoms with Gasteiger partial charge in [0.1, 0.15) is 0 Å². The van der Waals surface area contributed by atoms with Crippen molar-refractivity contribution in [2.45, 2.75) is 24.9 Å². The summed E-state index contributed by atoms with van der Waals surface area (Å²) in [5.41, 5.74) is 3.57. The second-order valence-corrected chi connectivity index (χ2v) is 10.6. The first-order chi connectivity index (χ1) is 17.9. The van der Waals surface area contributed by atoms with Crippen LogP contribution in [0.25, 0.3) is 28.5 Å². The van der Waals surface area contributed by atoms with E-state index in [1.54, 1.807) is 35.0 Å². The molecular formula is C27H18Cl4N4O2. The van der Waals surface area contributed by atoms with Crippen molar-refractivity contribution in [2.24, 2.45) is 0 Å². The summed E-state index contributed by atoms with van der Waals surface area (Å²) in [6, 6.07) is 20.0. The minimum Gasteiger partial charge on any atom is -0.418 e. The lowest BCUT2D eigenvalue weighted by Crippen LogP contribution is -2.08. The van der Waals surface area contributed by atoms with E-state index in [1.165, 1.54) is 0 Å². The molecule has 0 radical (unpaired) electrons. The van der Waals surface area contributed by atoms with Gasteiger partial charge in [0.25, 0.3) is 5.89 Å². The molecule has 0 amide bonds. The van der Waals surface area contributed by atoms with Crippen LogP contribution in [0.15, 0.2) is 71.1 Å². The number of benzene rings is 3. The average molecular weight is 572 g/mol. The molecule has 0 spiro atoms. The normalized spacial score (nSPS) is 14.2.